The van der Waals surface area contributed by atoms with Crippen LogP contribution in [-0.4, -0.2) is 18.1 Å². The van der Waals surface area contributed by atoms with Crippen molar-refractivity contribution in [2.24, 2.45) is 5.92 Å². The normalized spacial score (nSPS) is 21.0. The maximum absolute atomic E-state index is 4.91. The number of aryl methyl sites for hydroxylation is 3. The van der Waals surface area contributed by atoms with E-state index in [0.717, 1.165) is 30.4 Å². The van der Waals surface area contributed by atoms with Gasteiger partial charge in [0.25, 0.3) is 0 Å². The molecular formula is C20H22Br2N2. The number of pyridine rings is 1. The van der Waals surface area contributed by atoms with Crippen LogP contribution in [0.3, 0.4) is 0 Å². The molecule has 1 aromatic heterocycles. The summed E-state index contributed by atoms with van der Waals surface area (Å²) in [5.74, 6) is 1.07. The minimum absolute atomic E-state index is 0.405. The van der Waals surface area contributed by atoms with Gasteiger partial charge in [0.05, 0.1) is 5.69 Å². The van der Waals surface area contributed by atoms with Crippen LogP contribution in [0.4, 0.5) is 0 Å². The summed E-state index contributed by atoms with van der Waals surface area (Å²) in [6.45, 7) is 4.43. The first-order chi connectivity index (χ1) is 11.6. The number of halogens is 2. The molecule has 2 nitrogen and oxygen atoms in total. The zero-order chi connectivity index (χ0) is 16.7. The molecule has 1 atom stereocenters. The van der Waals surface area contributed by atoms with E-state index in [4.69, 9.17) is 4.98 Å². The van der Waals surface area contributed by atoms with Crippen molar-refractivity contribution >= 4 is 31.9 Å². The lowest BCUT2D eigenvalue weighted by Gasteiger charge is -2.32. The zero-order valence-electron chi connectivity index (χ0n) is 13.9. The molecular weight excluding hydrogens is 428 g/mol. The molecule has 4 rings (SSSR count). The molecule has 1 aliphatic heterocycles. The fourth-order valence-electron chi connectivity index (χ4n) is 4.40. The molecule has 1 N–H and O–H groups in total. The molecule has 1 fully saturated rings. The molecule has 0 saturated carbocycles. The van der Waals surface area contributed by atoms with E-state index in [2.05, 4.69) is 62.3 Å². The summed E-state index contributed by atoms with van der Waals surface area (Å²) in [4.78, 5) is 4.91. The Morgan fingerprint density at radius 1 is 1.04 bits per heavy atom. The van der Waals surface area contributed by atoms with Crippen molar-refractivity contribution in [3.8, 4) is 0 Å². The number of hydrogen-bond acceptors (Lipinski definition) is 2. The number of hydrogen-bond donors (Lipinski definition) is 1. The van der Waals surface area contributed by atoms with Crippen molar-refractivity contribution in [1.29, 1.82) is 0 Å². The second kappa shape index (κ2) is 6.89. The third kappa shape index (κ3) is 3.09. The predicted molar refractivity (Wildman–Crippen MR) is 106 cm³/mol. The number of nitrogens with zero attached hydrogens (tertiary/aromatic N) is 1. The molecule has 2 aromatic rings. The number of rotatable bonds is 1. The number of benzene rings is 1. The number of fused-ring (bicyclic) bond motifs is 2. The largest absolute Gasteiger partial charge is 0.317 e. The molecule has 1 saturated heterocycles. The summed E-state index contributed by atoms with van der Waals surface area (Å²) in [7, 11) is 0. The smallest absolute Gasteiger partial charge is 0.0514 e. The van der Waals surface area contributed by atoms with E-state index in [1.54, 1.807) is 0 Å². The highest BCUT2D eigenvalue weighted by atomic mass is 79.9. The van der Waals surface area contributed by atoms with Gasteiger partial charge in [-0.15, -0.1) is 0 Å². The summed E-state index contributed by atoms with van der Waals surface area (Å²) in [6.07, 6.45) is 6.59. The molecule has 24 heavy (non-hydrogen) atoms. The van der Waals surface area contributed by atoms with Crippen LogP contribution in [0.15, 0.2) is 33.3 Å². The maximum atomic E-state index is 4.91. The van der Waals surface area contributed by atoms with Crippen LogP contribution >= 0.6 is 31.9 Å². The lowest BCUT2D eigenvalue weighted by Crippen LogP contribution is -2.32. The molecule has 1 aromatic carbocycles. The van der Waals surface area contributed by atoms with Crippen molar-refractivity contribution in [2.45, 2.75) is 38.5 Å². The first kappa shape index (κ1) is 16.7. The van der Waals surface area contributed by atoms with Crippen LogP contribution in [-0.2, 0) is 12.8 Å². The lowest BCUT2D eigenvalue weighted by atomic mass is 9.76. The fraction of sp³-hybridized carbons (Fsp3) is 0.450. The Labute approximate surface area is 160 Å². The Hall–Kier alpha value is -0.710. The van der Waals surface area contributed by atoms with Gasteiger partial charge in [-0.2, -0.15) is 0 Å². The second-order valence-electron chi connectivity index (χ2n) is 7.08. The van der Waals surface area contributed by atoms with Gasteiger partial charge in [-0.3, -0.25) is 4.98 Å². The van der Waals surface area contributed by atoms with Crippen LogP contribution in [0.1, 0.15) is 46.7 Å². The van der Waals surface area contributed by atoms with Gasteiger partial charge in [-0.05, 0) is 102 Å². The van der Waals surface area contributed by atoms with Crippen LogP contribution in [0.5, 0.6) is 0 Å². The van der Waals surface area contributed by atoms with Gasteiger partial charge < -0.3 is 5.32 Å². The van der Waals surface area contributed by atoms with E-state index in [1.807, 2.05) is 6.20 Å². The third-order valence-electron chi connectivity index (χ3n) is 5.45. The monoisotopic (exact) mass is 448 g/mol. The maximum Gasteiger partial charge on any atom is 0.0514 e. The van der Waals surface area contributed by atoms with Crippen LogP contribution < -0.4 is 5.32 Å². The highest BCUT2D eigenvalue weighted by Gasteiger charge is 2.34. The van der Waals surface area contributed by atoms with E-state index < -0.39 is 0 Å². The fourth-order valence-corrected chi connectivity index (χ4v) is 5.64. The summed E-state index contributed by atoms with van der Waals surface area (Å²) >= 11 is 7.50. The summed E-state index contributed by atoms with van der Waals surface area (Å²) in [5, 5.41) is 3.51. The summed E-state index contributed by atoms with van der Waals surface area (Å²) in [5.41, 5.74) is 7.03. The minimum Gasteiger partial charge on any atom is -0.317 e. The summed E-state index contributed by atoms with van der Waals surface area (Å²) in [6, 6.07) is 6.94. The molecule has 126 valence electrons. The first-order valence-electron chi connectivity index (χ1n) is 8.77. The van der Waals surface area contributed by atoms with E-state index in [1.165, 1.54) is 45.3 Å². The SMILES string of the molecule is Cc1cc(Br)c2c(c1)CCc1cc(Br)cnc1C2C1CCNCC1. The van der Waals surface area contributed by atoms with Crippen molar-refractivity contribution in [2.75, 3.05) is 13.1 Å². The van der Waals surface area contributed by atoms with Crippen molar-refractivity contribution in [3.05, 3.63) is 61.3 Å². The van der Waals surface area contributed by atoms with Gasteiger partial charge in [0.2, 0.25) is 0 Å². The average Bonchev–Trinajstić information content (AvgIpc) is 2.72. The molecule has 0 spiro atoms. The van der Waals surface area contributed by atoms with Gasteiger partial charge in [0.15, 0.2) is 0 Å². The lowest BCUT2D eigenvalue weighted by molar-refractivity contribution is 0.338. The Kier molecular flexibility index (Phi) is 4.81. The van der Waals surface area contributed by atoms with E-state index >= 15 is 0 Å². The topological polar surface area (TPSA) is 24.9 Å². The third-order valence-corrected chi connectivity index (χ3v) is 6.54. The molecule has 0 amide bonds. The van der Waals surface area contributed by atoms with Crippen LogP contribution in [0.25, 0.3) is 0 Å². The van der Waals surface area contributed by atoms with E-state index in [0.29, 0.717) is 11.8 Å². The standard InChI is InChI=1S/C20H22Br2N2/c1-12-8-14-2-3-15-10-16(21)11-24-20(15)19(18(14)17(22)9-12)13-4-6-23-7-5-13/h8-11,13,19,23H,2-7H2,1H3. The predicted octanol–water partition coefficient (Wildman–Crippen LogP) is 5.15. The number of aromatic nitrogens is 1. The second-order valence-corrected chi connectivity index (χ2v) is 8.85. The molecule has 0 radical (unpaired) electrons. The van der Waals surface area contributed by atoms with E-state index in [-0.39, 0.29) is 0 Å². The molecule has 2 heterocycles. The van der Waals surface area contributed by atoms with Gasteiger partial charge in [-0.25, -0.2) is 0 Å². The van der Waals surface area contributed by atoms with Crippen LogP contribution in [0.2, 0.25) is 0 Å². The molecule has 1 unspecified atom stereocenters. The summed E-state index contributed by atoms with van der Waals surface area (Å²) < 4.78 is 2.35. The first-order valence-corrected chi connectivity index (χ1v) is 10.4. The highest BCUT2D eigenvalue weighted by Crippen LogP contribution is 2.45. The Morgan fingerprint density at radius 2 is 1.79 bits per heavy atom. The Balaban J connectivity index is 1.91. The van der Waals surface area contributed by atoms with Crippen LogP contribution in [0, 0.1) is 12.8 Å². The highest BCUT2D eigenvalue weighted by molar-refractivity contribution is 9.10. The molecule has 4 heteroatoms. The number of piperidine rings is 1. The van der Waals surface area contributed by atoms with Crippen molar-refractivity contribution in [1.82, 2.24) is 10.3 Å². The minimum atomic E-state index is 0.405. The Bertz CT molecular complexity index is 766. The molecule has 0 bridgehead atoms. The molecule has 1 aliphatic carbocycles. The van der Waals surface area contributed by atoms with Gasteiger partial charge >= 0.3 is 0 Å². The van der Waals surface area contributed by atoms with Crippen molar-refractivity contribution in [3.63, 3.8) is 0 Å². The van der Waals surface area contributed by atoms with E-state index in [9.17, 15) is 0 Å². The molecule has 2 aliphatic rings. The Morgan fingerprint density at radius 3 is 2.58 bits per heavy atom. The van der Waals surface area contributed by atoms with Gasteiger partial charge in [0, 0.05) is 21.1 Å². The average molecular weight is 450 g/mol. The van der Waals surface area contributed by atoms with Gasteiger partial charge in [0.1, 0.15) is 0 Å². The van der Waals surface area contributed by atoms with Crippen molar-refractivity contribution < 1.29 is 0 Å². The van der Waals surface area contributed by atoms with Gasteiger partial charge in [-0.1, -0.05) is 22.0 Å². The zero-order valence-corrected chi connectivity index (χ0v) is 17.1. The quantitative estimate of drug-likeness (QED) is 0.651. The number of nitrogens with one attached hydrogen (secondary N) is 1.